The van der Waals surface area contributed by atoms with Gasteiger partial charge in [-0.25, -0.2) is 4.98 Å². The van der Waals surface area contributed by atoms with E-state index in [-0.39, 0.29) is 0 Å². The zero-order valence-electron chi connectivity index (χ0n) is 6.07. The van der Waals surface area contributed by atoms with Crippen LogP contribution in [0.5, 0.6) is 0 Å². The maximum Gasteiger partial charge on any atom is 0.124 e. The van der Waals surface area contributed by atoms with Crippen molar-refractivity contribution < 1.29 is 0 Å². The predicted octanol–water partition coefficient (Wildman–Crippen LogP) is 2.97. The molecule has 2 heterocycles. The lowest BCUT2D eigenvalue weighted by atomic mass is 10.4. The molecule has 0 radical (unpaired) electrons. The zero-order chi connectivity index (χ0) is 8.39. The Kier molecular flexibility index (Phi) is 2.19. The molecule has 0 aliphatic carbocycles. The van der Waals surface area contributed by atoms with E-state index in [1.807, 2.05) is 17.5 Å². The third-order valence-electron chi connectivity index (χ3n) is 1.39. The topological polar surface area (TPSA) is 25.8 Å². The summed E-state index contributed by atoms with van der Waals surface area (Å²) in [6, 6.07) is 4.03. The Labute approximate surface area is 82.4 Å². The first-order valence-electron chi connectivity index (χ1n) is 3.38. The second-order valence-corrected chi connectivity index (χ2v) is 3.96. The molecule has 0 fully saturated rings. The van der Waals surface area contributed by atoms with E-state index in [0.717, 1.165) is 15.2 Å². The van der Waals surface area contributed by atoms with Gasteiger partial charge in [0.25, 0.3) is 0 Å². The van der Waals surface area contributed by atoms with E-state index >= 15 is 0 Å². The van der Waals surface area contributed by atoms with Crippen molar-refractivity contribution in [1.82, 2.24) is 9.97 Å². The molecule has 0 amide bonds. The second-order valence-electron chi connectivity index (χ2n) is 2.20. The van der Waals surface area contributed by atoms with Gasteiger partial charge in [0.2, 0.25) is 0 Å². The van der Waals surface area contributed by atoms with Crippen LogP contribution in [0.15, 0.2) is 34.5 Å². The van der Waals surface area contributed by atoms with Crippen LogP contribution in [0.25, 0.3) is 10.6 Å². The standard InChI is InChI=1S/C8H5BrN2S/c9-8-5-10-6(4-11-8)7-2-1-3-12-7/h1-5H. The maximum absolute atomic E-state index is 4.22. The molecule has 2 rings (SSSR count). The molecule has 2 aromatic heterocycles. The lowest BCUT2D eigenvalue weighted by Crippen LogP contribution is -1.82. The Bertz CT molecular complexity index is 355. The summed E-state index contributed by atoms with van der Waals surface area (Å²) in [6.07, 6.45) is 3.46. The van der Waals surface area contributed by atoms with Crippen LogP contribution in [-0.2, 0) is 0 Å². The molecule has 0 aliphatic heterocycles. The quantitative estimate of drug-likeness (QED) is 0.767. The van der Waals surface area contributed by atoms with Gasteiger partial charge < -0.3 is 0 Å². The first kappa shape index (κ1) is 7.89. The Hall–Kier alpha value is -0.740. The highest BCUT2D eigenvalue weighted by atomic mass is 79.9. The highest BCUT2D eigenvalue weighted by Gasteiger charge is 1.99. The Balaban J connectivity index is 2.43. The molecular weight excluding hydrogens is 236 g/mol. The van der Waals surface area contributed by atoms with Gasteiger partial charge in [-0.1, -0.05) is 6.07 Å². The number of aromatic nitrogens is 2. The van der Waals surface area contributed by atoms with E-state index in [2.05, 4.69) is 25.9 Å². The number of nitrogens with zero attached hydrogens (tertiary/aromatic N) is 2. The molecule has 60 valence electrons. The Morgan fingerprint density at radius 2 is 2.17 bits per heavy atom. The van der Waals surface area contributed by atoms with Crippen LogP contribution in [0.3, 0.4) is 0 Å². The summed E-state index contributed by atoms with van der Waals surface area (Å²) < 4.78 is 0.766. The maximum atomic E-state index is 4.22. The molecule has 12 heavy (non-hydrogen) atoms. The Morgan fingerprint density at radius 1 is 1.25 bits per heavy atom. The molecule has 0 saturated carbocycles. The number of halogens is 1. The van der Waals surface area contributed by atoms with E-state index in [1.54, 1.807) is 23.7 Å². The van der Waals surface area contributed by atoms with Gasteiger partial charge >= 0.3 is 0 Å². The van der Waals surface area contributed by atoms with E-state index in [4.69, 9.17) is 0 Å². The molecule has 0 bridgehead atoms. The summed E-state index contributed by atoms with van der Waals surface area (Å²) in [5.41, 5.74) is 0.924. The molecule has 2 nitrogen and oxygen atoms in total. The van der Waals surface area contributed by atoms with E-state index in [1.165, 1.54) is 0 Å². The first-order valence-corrected chi connectivity index (χ1v) is 5.05. The van der Waals surface area contributed by atoms with E-state index < -0.39 is 0 Å². The fourth-order valence-corrected chi connectivity index (χ4v) is 1.76. The average molecular weight is 241 g/mol. The summed E-state index contributed by atoms with van der Waals surface area (Å²) in [4.78, 5) is 9.47. The van der Waals surface area contributed by atoms with Crippen LogP contribution in [0, 0.1) is 0 Å². The summed E-state index contributed by atoms with van der Waals surface area (Å²) >= 11 is 4.90. The molecule has 4 heteroatoms. The van der Waals surface area contributed by atoms with Gasteiger partial charge in [0, 0.05) is 0 Å². The van der Waals surface area contributed by atoms with Crippen LogP contribution in [-0.4, -0.2) is 9.97 Å². The monoisotopic (exact) mass is 240 g/mol. The summed E-state index contributed by atoms with van der Waals surface area (Å²) in [6.45, 7) is 0. The molecule has 0 unspecified atom stereocenters. The average Bonchev–Trinajstić information content (AvgIpc) is 2.58. The van der Waals surface area contributed by atoms with Crippen LogP contribution < -0.4 is 0 Å². The highest BCUT2D eigenvalue weighted by molar-refractivity contribution is 9.10. The molecule has 0 aliphatic rings. The lowest BCUT2D eigenvalue weighted by molar-refractivity contribution is 1.17. The summed E-state index contributed by atoms with van der Waals surface area (Å²) in [5, 5.41) is 2.03. The van der Waals surface area contributed by atoms with Crippen molar-refractivity contribution in [2.75, 3.05) is 0 Å². The van der Waals surface area contributed by atoms with Crippen molar-refractivity contribution in [1.29, 1.82) is 0 Å². The normalized spacial score (nSPS) is 10.1. The minimum atomic E-state index is 0.766. The third-order valence-corrected chi connectivity index (χ3v) is 2.70. The van der Waals surface area contributed by atoms with Gasteiger partial charge in [-0.3, -0.25) is 4.98 Å². The fourth-order valence-electron chi connectivity index (χ4n) is 0.864. The minimum absolute atomic E-state index is 0.766. The third kappa shape index (κ3) is 1.54. The molecule has 0 atom stereocenters. The van der Waals surface area contributed by atoms with E-state index in [9.17, 15) is 0 Å². The fraction of sp³-hybridized carbons (Fsp3) is 0. The lowest BCUT2D eigenvalue weighted by Gasteiger charge is -1.93. The van der Waals surface area contributed by atoms with Gasteiger partial charge in [0.15, 0.2) is 0 Å². The van der Waals surface area contributed by atoms with Crippen molar-refractivity contribution in [2.45, 2.75) is 0 Å². The molecule has 0 saturated heterocycles. The minimum Gasteiger partial charge on any atom is -0.251 e. The van der Waals surface area contributed by atoms with E-state index in [0.29, 0.717) is 0 Å². The Morgan fingerprint density at radius 3 is 2.75 bits per heavy atom. The van der Waals surface area contributed by atoms with Gasteiger partial charge in [-0.15, -0.1) is 11.3 Å². The van der Waals surface area contributed by atoms with Crippen molar-refractivity contribution in [3.05, 3.63) is 34.5 Å². The molecule has 2 aromatic rings. The summed E-state index contributed by atoms with van der Waals surface area (Å²) in [5.74, 6) is 0. The van der Waals surface area contributed by atoms with Crippen LogP contribution in [0.1, 0.15) is 0 Å². The highest BCUT2D eigenvalue weighted by Crippen LogP contribution is 2.21. The number of rotatable bonds is 1. The van der Waals surface area contributed by atoms with Gasteiger partial charge in [0.1, 0.15) is 4.60 Å². The number of hydrogen-bond donors (Lipinski definition) is 0. The van der Waals surface area contributed by atoms with Crippen molar-refractivity contribution in [2.24, 2.45) is 0 Å². The predicted molar refractivity (Wildman–Crippen MR) is 53.0 cm³/mol. The number of hydrogen-bond acceptors (Lipinski definition) is 3. The van der Waals surface area contributed by atoms with Crippen LogP contribution >= 0.6 is 27.3 Å². The second kappa shape index (κ2) is 3.33. The smallest absolute Gasteiger partial charge is 0.124 e. The largest absolute Gasteiger partial charge is 0.251 e. The zero-order valence-corrected chi connectivity index (χ0v) is 8.47. The van der Waals surface area contributed by atoms with Crippen LogP contribution in [0.4, 0.5) is 0 Å². The van der Waals surface area contributed by atoms with Gasteiger partial charge in [0.05, 0.1) is 23.0 Å². The first-order chi connectivity index (χ1) is 5.86. The van der Waals surface area contributed by atoms with Gasteiger partial charge in [-0.05, 0) is 27.4 Å². The van der Waals surface area contributed by atoms with Gasteiger partial charge in [-0.2, -0.15) is 0 Å². The number of thiophene rings is 1. The van der Waals surface area contributed by atoms with Crippen molar-refractivity contribution in [3.63, 3.8) is 0 Å². The molecule has 0 N–H and O–H groups in total. The molecule has 0 spiro atoms. The van der Waals surface area contributed by atoms with Crippen molar-refractivity contribution >= 4 is 27.3 Å². The molecular formula is C8H5BrN2S. The summed E-state index contributed by atoms with van der Waals surface area (Å²) in [7, 11) is 0. The molecule has 0 aromatic carbocycles. The van der Waals surface area contributed by atoms with Crippen molar-refractivity contribution in [3.8, 4) is 10.6 Å². The van der Waals surface area contributed by atoms with Crippen LogP contribution in [0.2, 0.25) is 0 Å². The SMILES string of the molecule is Brc1cnc(-c2cccs2)cn1.